The van der Waals surface area contributed by atoms with Gasteiger partial charge >= 0.3 is 6.18 Å². The monoisotopic (exact) mass is 496 g/mol. The Morgan fingerprint density at radius 2 is 1.92 bits per heavy atom. The predicted molar refractivity (Wildman–Crippen MR) is 135 cm³/mol. The van der Waals surface area contributed by atoms with E-state index in [1.807, 2.05) is 24.4 Å². The minimum Gasteiger partial charge on any atom is -0.497 e. The molecule has 1 fully saturated rings. The predicted octanol–water partition coefficient (Wildman–Crippen LogP) is 5.57. The van der Waals surface area contributed by atoms with Crippen LogP contribution in [-0.2, 0) is 12.6 Å². The second kappa shape index (κ2) is 11.8. The van der Waals surface area contributed by atoms with Crippen molar-refractivity contribution in [3.05, 3.63) is 71.4 Å². The third kappa shape index (κ3) is 6.57. The summed E-state index contributed by atoms with van der Waals surface area (Å²) >= 11 is 0. The van der Waals surface area contributed by atoms with E-state index >= 15 is 0 Å². The van der Waals surface area contributed by atoms with E-state index in [0.717, 1.165) is 67.6 Å². The molecule has 2 heterocycles. The molecule has 0 aliphatic carbocycles. The van der Waals surface area contributed by atoms with Crippen LogP contribution in [0.15, 0.2) is 54.7 Å². The van der Waals surface area contributed by atoms with Gasteiger partial charge in [0.2, 0.25) is 0 Å². The average molecular weight is 497 g/mol. The first-order valence-corrected chi connectivity index (χ1v) is 12.3. The summed E-state index contributed by atoms with van der Waals surface area (Å²) in [6.07, 6.45) is 1.54. The quantitative estimate of drug-likeness (QED) is 0.435. The zero-order valence-electron chi connectivity index (χ0n) is 20.4. The molecule has 3 aromatic rings. The molecule has 0 amide bonds. The zero-order valence-corrected chi connectivity index (χ0v) is 20.4. The second-order valence-corrected chi connectivity index (χ2v) is 9.35. The maximum atomic E-state index is 12.7. The number of nitrogens with zero attached hydrogens (tertiary/aromatic N) is 2. The summed E-state index contributed by atoms with van der Waals surface area (Å²) in [5, 5.41) is 11.1. The number of piperidine rings is 1. The van der Waals surface area contributed by atoms with Crippen LogP contribution in [0.1, 0.15) is 36.0 Å². The van der Waals surface area contributed by atoms with Crippen LogP contribution in [-0.4, -0.2) is 48.3 Å². The molecule has 0 bridgehead atoms. The summed E-state index contributed by atoms with van der Waals surface area (Å²) in [4.78, 5) is 6.68. The van der Waals surface area contributed by atoms with Crippen LogP contribution >= 0.6 is 0 Å². The summed E-state index contributed by atoms with van der Waals surface area (Å²) in [6, 6.07) is 12.9. The maximum absolute atomic E-state index is 12.7. The molecule has 1 aliphatic rings. The molecule has 190 valence electrons. The van der Waals surface area contributed by atoms with Crippen molar-refractivity contribution in [2.75, 3.05) is 33.4 Å². The third-order valence-electron chi connectivity index (χ3n) is 7.02. The minimum absolute atomic E-state index is 0.142. The average Bonchev–Trinajstić information content (AvgIpc) is 2.89. The number of hydrogen-bond donors (Lipinski definition) is 1. The first-order chi connectivity index (χ1) is 17.4. The highest BCUT2D eigenvalue weighted by atomic mass is 19.4. The van der Waals surface area contributed by atoms with Gasteiger partial charge in [0.15, 0.2) is 0 Å². The molecule has 0 radical (unpaired) electrons. The Balaban J connectivity index is 1.28. The van der Waals surface area contributed by atoms with Crippen LogP contribution in [0.2, 0.25) is 0 Å². The fraction of sp³-hybridized carbons (Fsp3) is 0.414. The van der Waals surface area contributed by atoms with Gasteiger partial charge in [-0.1, -0.05) is 11.8 Å². The van der Waals surface area contributed by atoms with Crippen LogP contribution in [0.5, 0.6) is 5.75 Å². The number of halogens is 3. The van der Waals surface area contributed by atoms with Gasteiger partial charge in [-0.25, -0.2) is 0 Å². The van der Waals surface area contributed by atoms with Crippen molar-refractivity contribution < 1.29 is 23.0 Å². The first kappa shape index (κ1) is 26.0. The molecule has 36 heavy (non-hydrogen) atoms. The van der Waals surface area contributed by atoms with E-state index in [4.69, 9.17) is 4.74 Å². The normalized spacial score (nSPS) is 18.6. The topological polar surface area (TPSA) is 45.6 Å². The highest BCUT2D eigenvalue weighted by molar-refractivity contribution is 5.83. The molecule has 1 saturated heterocycles. The van der Waals surface area contributed by atoms with Crippen molar-refractivity contribution in [1.82, 2.24) is 9.88 Å². The number of aromatic nitrogens is 1. The van der Waals surface area contributed by atoms with Crippen molar-refractivity contribution in [3.8, 4) is 17.6 Å². The molecule has 4 rings (SSSR count). The number of ether oxygens (including phenoxy) is 1. The standard InChI is InChI=1S/C29H31F3N2O2/c1-36-26-11-12-28-27(18-26)23(13-15-33-28)6-2-5-22-14-17-34(19-24(22)20-35)16-3-4-21-7-9-25(10-8-21)29(30,31)32/h7-13,15,18,22,24,35H,2,5-6,14,16-17,19-20H2,1H3/t22-,24-/m1/s1. The highest BCUT2D eigenvalue weighted by Crippen LogP contribution is 2.30. The van der Waals surface area contributed by atoms with E-state index in [2.05, 4.69) is 27.8 Å². The lowest BCUT2D eigenvalue weighted by Gasteiger charge is -2.37. The minimum atomic E-state index is -4.34. The summed E-state index contributed by atoms with van der Waals surface area (Å²) in [5.74, 6) is 7.51. The van der Waals surface area contributed by atoms with Crippen molar-refractivity contribution in [1.29, 1.82) is 0 Å². The Hall–Kier alpha value is -3.08. The van der Waals surface area contributed by atoms with Crippen molar-refractivity contribution in [2.24, 2.45) is 11.8 Å². The molecule has 0 saturated carbocycles. The molecular weight excluding hydrogens is 465 g/mol. The van der Waals surface area contributed by atoms with Crippen molar-refractivity contribution in [2.45, 2.75) is 31.9 Å². The molecule has 1 N–H and O–H groups in total. The van der Waals surface area contributed by atoms with Crippen LogP contribution in [0.4, 0.5) is 13.2 Å². The van der Waals surface area contributed by atoms with E-state index in [9.17, 15) is 18.3 Å². The van der Waals surface area contributed by atoms with E-state index in [0.29, 0.717) is 18.0 Å². The SMILES string of the molecule is COc1ccc2nccc(CCC[C@@H]3CCN(CC#Cc4ccc(C(F)(F)F)cc4)C[C@@H]3CO)c2c1. The number of aliphatic hydroxyl groups excluding tert-OH is 1. The van der Waals surface area contributed by atoms with Gasteiger partial charge in [0.1, 0.15) is 5.75 Å². The number of methoxy groups -OCH3 is 1. The Labute approximate surface area is 210 Å². The van der Waals surface area contributed by atoms with Crippen molar-refractivity contribution >= 4 is 10.9 Å². The molecule has 1 aromatic heterocycles. The molecule has 2 aromatic carbocycles. The number of likely N-dealkylation sites (tertiary alicyclic amines) is 1. The lowest BCUT2D eigenvalue weighted by Crippen LogP contribution is -2.42. The Morgan fingerprint density at radius 1 is 1.11 bits per heavy atom. The fourth-order valence-corrected chi connectivity index (χ4v) is 4.96. The lowest BCUT2D eigenvalue weighted by molar-refractivity contribution is -0.137. The maximum Gasteiger partial charge on any atom is 0.416 e. The highest BCUT2D eigenvalue weighted by Gasteiger charge is 2.30. The van der Waals surface area contributed by atoms with Crippen molar-refractivity contribution in [3.63, 3.8) is 0 Å². The molecule has 1 aliphatic heterocycles. The second-order valence-electron chi connectivity index (χ2n) is 9.35. The summed E-state index contributed by atoms with van der Waals surface area (Å²) in [7, 11) is 1.67. The van der Waals surface area contributed by atoms with Crippen LogP contribution < -0.4 is 4.74 Å². The number of benzene rings is 2. The van der Waals surface area contributed by atoms with E-state index in [-0.39, 0.29) is 12.5 Å². The van der Waals surface area contributed by atoms with Gasteiger partial charge in [-0.15, -0.1) is 0 Å². The molecule has 4 nitrogen and oxygen atoms in total. The summed E-state index contributed by atoms with van der Waals surface area (Å²) in [5.41, 5.74) is 2.12. The van der Waals surface area contributed by atoms with E-state index in [1.165, 1.54) is 17.7 Å². The third-order valence-corrected chi connectivity index (χ3v) is 7.02. The van der Waals surface area contributed by atoms with Crippen LogP contribution in [0, 0.1) is 23.7 Å². The Morgan fingerprint density at radius 3 is 2.64 bits per heavy atom. The number of alkyl halides is 3. The number of aryl methyl sites for hydroxylation is 1. The number of aliphatic hydroxyl groups is 1. The first-order valence-electron chi connectivity index (χ1n) is 12.3. The number of pyridine rings is 1. The fourth-order valence-electron chi connectivity index (χ4n) is 4.96. The Kier molecular flexibility index (Phi) is 8.50. The molecule has 2 atom stereocenters. The molecule has 0 spiro atoms. The largest absolute Gasteiger partial charge is 0.497 e. The number of rotatable bonds is 7. The van der Waals surface area contributed by atoms with Gasteiger partial charge < -0.3 is 9.84 Å². The molecule has 0 unspecified atom stereocenters. The van der Waals surface area contributed by atoms with Gasteiger partial charge in [-0.05, 0) is 98.2 Å². The number of fused-ring (bicyclic) bond motifs is 1. The van der Waals surface area contributed by atoms with Crippen LogP contribution in [0.25, 0.3) is 10.9 Å². The van der Waals surface area contributed by atoms with E-state index in [1.54, 1.807) is 7.11 Å². The molecule has 7 heteroatoms. The van der Waals surface area contributed by atoms with Gasteiger partial charge in [0.05, 0.1) is 24.7 Å². The van der Waals surface area contributed by atoms with E-state index < -0.39 is 11.7 Å². The van der Waals surface area contributed by atoms with Gasteiger partial charge in [0, 0.05) is 30.3 Å². The van der Waals surface area contributed by atoms with Crippen LogP contribution in [0.3, 0.4) is 0 Å². The summed E-state index contributed by atoms with van der Waals surface area (Å²) in [6.45, 7) is 2.36. The van der Waals surface area contributed by atoms with Gasteiger partial charge in [0.25, 0.3) is 0 Å². The zero-order chi connectivity index (χ0) is 25.5. The Bertz CT molecular complexity index is 1220. The smallest absolute Gasteiger partial charge is 0.416 e. The van der Waals surface area contributed by atoms with Gasteiger partial charge in [-0.3, -0.25) is 9.88 Å². The summed E-state index contributed by atoms with van der Waals surface area (Å²) < 4.78 is 43.5. The number of hydrogen-bond acceptors (Lipinski definition) is 4. The lowest BCUT2D eigenvalue weighted by atomic mass is 9.82. The van der Waals surface area contributed by atoms with Gasteiger partial charge in [-0.2, -0.15) is 13.2 Å². The molecular formula is C29H31F3N2O2.